The van der Waals surface area contributed by atoms with Gasteiger partial charge >= 0.3 is 12.0 Å². The van der Waals surface area contributed by atoms with Crippen LogP contribution >= 0.6 is 0 Å². The Morgan fingerprint density at radius 3 is 2.73 bits per heavy atom. The number of nitrogens with zero attached hydrogens (tertiary/aromatic N) is 1. The molecule has 0 bridgehead atoms. The lowest BCUT2D eigenvalue weighted by atomic mass is 9.93. The van der Waals surface area contributed by atoms with Crippen LogP contribution in [0.2, 0.25) is 0 Å². The summed E-state index contributed by atoms with van der Waals surface area (Å²) >= 11 is 0. The van der Waals surface area contributed by atoms with Crippen molar-refractivity contribution in [2.75, 3.05) is 13.1 Å². The van der Waals surface area contributed by atoms with E-state index in [4.69, 9.17) is 5.11 Å². The first-order valence-electron chi connectivity index (χ1n) is 7.88. The monoisotopic (exact) mass is 304 g/mol. The zero-order valence-corrected chi connectivity index (χ0v) is 13.0. The number of hydrogen-bond donors (Lipinski definition) is 2. The van der Waals surface area contributed by atoms with Crippen LogP contribution in [0.15, 0.2) is 30.3 Å². The van der Waals surface area contributed by atoms with Crippen LogP contribution in [0.25, 0.3) is 0 Å². The summed E-state index contributed by atoms with van der Waals surface area (Å²) in [6.07, 6.45) is 2.56. The highest BCUT2D eigenvalue weighted by atomic mass is 16.4. The lowest BCUT2D eigenvalue weighted by Gasteiger charge is -2.25. The minimum atomic E-state index is -0.827. The van der Waals surface area contributed by atoms with Crippen molar-refractivity contribution in [3.05, 3.63) is 35.9 Å². The van der Waals surface area contributed by atoms with Crippen LogP contribution < -0.4 is 5.32 Å². The minimum absolute atomic E-state index is 0.0755. The number of carbonyl (C=O) groups excluding carboxylic acids is 1. The zero-order valence-electron chi connectivity index (χ0n) is 13.0. The van der Waals surface area contributed by atoms with Gasteiger partial charge in [-0.1, -0.05) is 30.3 Å². The van der Waals surface area contributed by atoms with Gasteiger partial charge in [-0.15, -0.1) is 0 Å². The molecule has 2 atom stereocenters. The Balaban J connectivity index is 1.79. The summed E-state index contributed by atoms with van der Waals surface area (Å²) in [5, 5.41) is 11.4. The highest BCUT2D eigenvalue weighted by Gasteiger charge is 2.33. The molecule has 2 unspecified atom stereocenters. The number of hydrogen-bond acceptors (Lipinski definition) is 2. The van der Waals surface area contributed by atoms with Crippen LogP contribution in [-0.4, -0.2) is 41.1 Å². The molecule has 1 aliphatic rings. The predicted octanol–water partition coefficient (Wildman–Crippen LogP) is 2.51. The Hall–Kier alpha value is -2.04. The molecule has 2 amide bonds. The van der Waals surface area contributed by atoms with Crippen molar-refractivity contribution in [3.63, 3.8) is 0 Å². The molecule has 120 valence electrons. The van der Waals surface area contributed by atoms with E-state index < -0.39 is 5.97 Å². The first-order valence-corrected chi connectivity index (χ1v) is 7.88. The van der Waals surface area contributed by atoms with Crippen molar-refractivity contribution in [2.45, 2.75) is 38.6 Å². The number of aliphatic carboxylic acids is 1. The van der Waals surface area contributed by atoms with Gasteiger partial charge in [0.05, 0.1) is 0 Å². The van der Waals surface area contributed by atoms with E-state index in [-0.39, 0.29) is 18.5 Å². The number of rotatable bonds is 6. The Labute approximate surface area is 131 Å². The average molecular weight is 304 g/mol. The Kier molecular flexibility index (Phi) is 5.81. The highest BCUT2D eigenvalue weighted by Crippen LogP contribution is 2.27. The molecule has 2 N–H and O–H groups in total. The fourth-order valence-electron chi connectivity index (χ4n) is 3.02. The van der Waals surface area contributed by atoms with Crippen LogP contribution in [-0.2, 0) is 11.2 Å². The fraction of sp³-hybridized carbons (Fsp3) is 0.529. The van der Waals surface area contributed by atoms with Crippen molar-refractivity contribution in [3.8, 4) is 0 Å². The van der Waals surface area contributed by atoms with Crippen molar-refractivity contribution < 1.29 is 14.7 Å². The van der Waals surface area contributed by atoms with E-state index in [1.54, 1.807) is 0 Å². The van der Waals surface area contributed by atoms with Crippen LogP contribution in [0, 0.1) is 5.92 Å². The molecule has 1 aliphatic heterocycles. The van der Waals surface area contributed by atoms with Gasteiger partial charge < -0.3 is 15.3 Å². The zero-order chi connectivity index (χ0) is 15.9. The molecule has 0 radical (unpaired) electrons. The third kappa shape index (κ3) is 4.48. The van der Waals surface area contributed by atoms with Crippen LogP contribution in [0.4, 0.5) is 4.79 Å². The van der Waals surface area contributed by atoms with E-state index in [0.29, 0.717) is 18.9 Å². The first kappa shape index (κ1) is 16.3. The molecule has 0 aliphatic carbocycles. The molecular weight excluding hydrogens is 280 g/mol. The summed E-state index contributed by atoms with van der Waals surface area (Å²) < 4.78 is 0. The molecule has 22 heavy (non-hydrogen) atoms. The normalized spacial score (nSPS) is 20.9. The second kappa shape index (κ2) is 7.82. The lowest BCUT2D eigenvalue weighted by Crippen LogP contribution is -2.43. The van der Waals surface area contributed by atoms with E-state index >= 15 is 0 Å². The van der Waals surface area contributed by atoms with Gasteiger partial charge in [-0.25, -0.2) is 4.79 Å². The van der Waals surface area contributed by atoms with Crippen LogP contribution in [0.1, 0.15) is 31.7 Å². The van der Waals surface area contributed by atoms with Crippen LogP contribution in [0.3, 0.4) is 0 Å². The second-order valence-electron chi connectivity index (χ2n) is 5.90. The molecular formula is C17H24N2O3. The third-order valence-electron chi connectivity index (χ3n) is 4.36. The summed E-state index contributed by atoms with van der Waals surface area (Å²) in [5.41, 5.74) is 1.31. The quantitative estimate of drug-likeness (QED) is 0.793. The number of nitrogens with one attached hydrogen (secondary N) is 1. The molecule has 1 saturated heterocycles. The third-order valence-corrected chi connectivity index (χ3v) is 4.36. The van der Waals surface area contributed by atoms with Gasteiger partial charge in [0.1, 0.15) is 0 Å². The van der Waals surface area contributed by atoms with E-state index in [1.165, 1.54) is 5.56 Å². The summed E-state index contributed by atoms with van der Waals surface area (Å²) in [7, 11) is 0. The largest absolute Gasteiger partial charge is 0.481 e. The molecule has 0 saturated carbocycles. The Morgan fingerprint density at radius 1 is 1.32 bits per heavy atom. The first-order chi connectivity index (χ1) is 10.6. The highest BCUT2D eigenvalue weighted by molar-refractivity contribution is 5.75. The molecule has 5 heteroatoms. The Morgan fingerprint density at radius 2 is 2.05 bits per heavy atom. The van der Waals surface area contributed by atoms with Gasteiger partial charge in [0, 0.05) is 25.6 Å². The molecule has 1 fully saturated rings. The number of carbonyl (C=O) groups is 2. The van der Waals surface area contributed by atoms with Crippen molar-refractivity contribution in [2.24, 2.45) is 5.92 Å². The average Bonchev–Trinajstić information content (AvgIpc) is 2.86. The summed E-state index contributed by atoms with van der Waals surface area (Å²) in [4.78, 5) is 24.5. The smallest absolute Gasteiger partial charge is 0.317 e. The molecule has 1 aromatic carbocycles. The van der Waals surface area contributed by atoms with Gasteiger partial charge in [-0.2, -0.15) is 0 Å². The maximum Gasteiger partial charge on any atom is 0.317 e. The molecule has 5 nitrogen and oxygen atoms in total. The molecule has 1 aromatic rings. The summed E-state index contributed by atoms with van der Waals surface area (Å²) in [5.74, 6) is -0.348. The van der Waals surface area contributed by atoms with E-state index in [2.05, 4.69) is 24.4 Å². The molecule has 2 rings (SSSR count). The van der Waals surface area contributed by atoms with E-state index in [9.17, 15) is 9.59 Å². The molecule has 0 spiro atoms. The minimum Gasteiger partial charge on any atom is -0.481 e. The SMILES string of the molecule is CC1C(Cc2ccccc2)CCN1C(=O)NCCCC(=O)O. The fourth-order valence-corrected chi connectivity index (χ4v) is 3.02. The van der Waals surface area contributed by atoms with Crippen molar-refractivity contribution >= 4 is 12.0 Å². The standard InChI is InChI=1S/C17H24N2O3/c1-13-15(12-14-6-3-2-4-7-14)9-11-19(13)17(22)18-10-5-8-16(20)21/h2-4,6-7,13,15H,5,8-12H2,1H3,(H,18,22)(H,20,21). The number of carboxylic acid groups (broad SMARTS) is 1. The van der Waals surface area contributed by atoms with Gasteiger partial charge in [-0.05, 0) is 37.7 Å². The van der Waals surface area contributed by atoms with Gasteiger partial charge in [0.25, 0.3) is 0 Å². The van der Waals surface area contributed by atoms with Gasteiger partial charge in [-0.3, -0.25) is 4.79 Å². The summed E-state index contributed by atoms with van der Waals surface area (Å²) in [6, 6.07) is 10.5. The maximum absolute atomic E-state index is 12.2. The molecule has 1 heterocycles. The maximum atomic E-state index is 12.2. The number of urea groups is 1. The number of likely N-dealkylation sites (tertiary alicyclic amines) is 1. The lowest BCUT2D eigenvalue weighted by molar-refractivity contribution is -0.137. The van der Waals surface area contributed by atoms with E-state index in [1.807, 2.05) is 23.1 Å². The summed E-state index contributed by atoms with van der Waals surface area (Å²) in [6.45, 7) is 3.28. The Bertz CT molecular complexity index is 504. The second-order valence-corrected chi connectivity index (χ2v) is 5.90. The van der Waals surface area contributed by atoms with Crippen molar-refractivity contribution in [1.29, 1.82) is 0 Å². The predicted molar refractivity (Wildman–Crippen MR) is 84.7 cm³/mol. The number of carboxylic acids is 1. The van der Waals surface area contributed by atoms with Crippen molar-refractivity contribution in [1.82, 2.24) is 10.2 Å². The number of amides is 2. The number of benzene rings is 1. The topological polar surface area (TPSA) is 69.6 Å². The van der Waals surface area contributed by atoms with Crippen LogP contribution in [0.5, 0.6) is 0 Å². The van der Waals surface area contributed by atoms with Gasteiger partial charge in [0.15, 0.2) is 0 Å². The van der Waals surface area contributed by atoms with Gasteiger partial charge in [0.2, 0.25) is 0 Å². The van der Waals surface area contributed by atoms with E-state index in [0.717, 1.165) is 19.4 Å². The molecule has 0 aromatic heterocycles.